The van der Waals surface area contributed by atoms with Crippen LogP contribution < -0.4 is 16.4 Å². The highest BCUT2D eigenvalue weighted by Crippen LogP contribution is 2.25. The lowest BCUT2D eigenvalue weighted by Gasteiger charge is -2.19. The van der Waals surface area contributed by atoms with E-state index in [0.29, 0.717) is 17.7 Å². The van der Waals surface area contributed by atoms with Crippen LogP contribution in [0.5, 0.6) is 0 Å². The molecule has 0 atom stereocenters. The van der Waals surface area contributed by atoms with Crippen LogP contribution >= 0.6 is 11.6 Å². The summed E-state index contributed by atoms with van der Waals surface area (Å²) in [5, 5.41) is 2.95. The highest BCUT2D eigenvalue weighted by molar-refractivity contribution is 6.31. The number of hydrogen-bond acceptors (Lipinski definition) is 7. The van der Waals surface area contributed by atoms with Gasteiger partial charge in [-0.15, -0.1) is 0 Å². The number of anilines is 3. The van der Waals surface area contributed by atoms with Crippen molar-refractivity contribution in [2.24, 2.45) is 0 Å². The van der Waals surface area contributed by atoms with Gasteiger partial charge in [-0.2, -0.15) is 9.97 Å². The maximum absolute atomic E-state index is 6.04. The van der Waals surface area contributed by atoms with Gasteiger partial charge in [-0.05, 0) is 35.0 Å². The lowest BCUT2D eigenvalue weighted by molar-refractivity contribution is 0.883. The molecule has 0 aliphatic carbocycles. The number of aromatic nitrogens is 4. The monoisotopic (exact) mass is 365 g/mol. The number of halogens is 1. The van der Waals surface area contributed by atoms with Crippen LogP contribution in [0.25, 0.3) is 21.9 Å². The second-order valence-electron chi connectivity index (χ2n) is 6.03. The van der Waals surface area contributed by atoms with E-state index in [1.54, 1.807) is 6.20 Å². The minimum absolute atomic E-state index is 0.0884. The lowest BCUT2D eigenvalue weighted by atomic mass is 10.1. The molecule has 0 amide bonds. The molecule has 130 valence electrons. The summed E-state index contributed by atoms with van der Waals surface area (Å²) in [6.07, 6.45) is 1.67. The Hall–Kier alpha value is -3.19. The SMILES string of the molecule is CN(Cc1cnc2nc(N)nc(N)c2n1)c1ccc2cc(Cl)ccc2c1. The normalized spacial score (nSPS) is 11.2. The quantitative estimate of drug-likeness (QED) is 0.574. The van der Waals surface area contributed by atoms with Gasteiger partial charge in [-0.1, -0.05) is 23.7 Å². The van der Waals surface area contributed by atoms with Crippen molar-refractivity contribution in [3.8, 4) is 0 Å². The predicted molar refractivity (Wildman–Crippen MR) is 105 cm³/mol. The summed E-state index contributed by atoms with van der Waals surface area (Å²) in [5.74, 6) is 0.317. The number of rotatable bonds is 3. The Balaban J connectivity index is 1.64. The van der Waals surface area contributed by atoms with Crippen molar-refractivity contribution in [1.29, 1.82) is 0 Å². The van der Waals surface area contributed by atoms with Gasteiger partial charge < -0.3 is 16.4 Å². The summed E-state index contributed by atoms with van der Waals surface area (Å²) in [6.45, 7) is 0.561. The summed E-state index contributed by atoms with van der Waals surface area (Å²) in [6, 6.07) is 12.0. The zero-order chi connectivity index (χ0) is 18.3. The van der Waals surface area contributed by atoms with E-state index in [9.17, 15) is 0 Å². The molecule has 0 aliphatic heterocycles. The van der Waals surface area contributed by atoms with Gasteiger partial charge in [0, 0.05) is 17.8 Å². The van der Waals surface area contributed by atoms with E-state index in [0.717, 1.165) is 27.2 Å². The molecule has 0 spiro atoms. The Morgan fingerprint density at radius 2 is 1.77 bits per heavy atom. The minimum Gasteiger partial charge on any atom is -0.382 e. The molecule has 26 heavy (non-hydrogen) atoms. The topological polar surface area (TPSA) is 107 Å². The Labute approximate surface area is 154 Å². The van der Waals surface area contributed by atoms with Crippen molar-refractivity contribution in [1.82, 2.24) is 19.9 Å². The zero-order valence-corrected chi connectivity index (χ0v) is 14.8. The average molecular weight is 366 g/mol. The molecular formula is C18H16ClN7. The lowest BCUT2D eigenvalue weighted by Crippen LogP contribution is -2.17. The summed E-state index contributed by atoms with van der Waals surface area (Å²) in [4.78, 5) is 18.9. The Morgan fingerprint density at radius 1 is 1.00 bits per heavy atom. The number of benzene rings is 2. The first-order valence-electron chi connectivity index (χ1n) is 7.95. The molecule has 0 saturated carbocycles. The van der Waals surface area contributed by atoms with E-state index in [2.05, 4.69) is 30.9 Å². The van der Waals surface area contributed by atoms with Crippen LogP contribution in [0.1, 0.15) is 5.69 Å². The minimum atomic E-state index is 0.0884. The number of fused-ring (bicyclic) bond motifs is 2. The third kappa shape index (κ3) is 3.04. The Morgan fingerprint density at radius 3 is 2.62 bits per heavy atom. The van der Waals surface area contributed by atoms with Gasteiger partial charge >= 0.3 is 0 Å². The Bertz CT molecular complexity index is 1130. The summed E-state index contributed by atoms with van der Waals surface area (Å²) < 4.78 is 0. The molecule has 0 unspecified atom stereocenters. The molecule has 0 fully saturated rings. The molecule has 2 aromatic heterocycles. The predicted octanol–water partition coefficient (Wildman–Crippen LogP) is 3.03. The first kappa shape index (κ1) is 16.3. The van der Waals surface area contributed by atoms with Gasteiger partial charge in [0.15, 0.2) is 17.0 Å². The van der Waals surface area contributed by atoms with E-state index in [4.69, 9.17) is 23.1 Å². The van der Waals surface area contributed by atoms with E-state index >= 15 is 0 Å². The molecule has 0 radical (unpaired) electrons. The first-order chi connectivity index (χ1) is 12.5. The zero-order valence-electron chi connectivity index (χ0n) is 14.0. The van der Waals surface area contributed by atoms with Gasteiger partial charge in [0.2, 0.25) is 5.95 Å². The fourth-order valence-corrected chi connectivity index (χ4v) is 3.02. The van der Waals surface area contributed by atoms with E-state index in [1.165, 1.54) is 0 Å². The van der Waals surface area contributed by atoms with Crippen molar-refractivity contribution < 1.29 is 0 Å². The summed E-state index contributed by atoms with van der Waals surface area (Å²) in [7, 11) is 1.99. The fraction of sp³-hybridized carbons (Fsp3) is 0.111. The maximum atomic E-state index is 6.04. The Kier molecular flexibility index (Phi) is 3.93. The van der Waals surface area contributed by atoms with Crippen LogP contribution in [0, 0.1) is 0 Å². The molecule has 4 aromatic rings. The molecule has 7 nitrogen and oxygen atoms in total. The molecule has 0 saturated heterocycles. The number of hydrogen-bond donors (Lipinski definition) is 2. The highest BCUT2D eigenvalue weighted by atomic mass is 35.5. The maximum Gasteiger partial charge on any atom is 0.224 e. The van der Waals surface area contributed by atoms with Crippen LogP contribution in [0.15, 0.2) is 42.6 Å². The molecule has 4 rings (SSSR count). The fourth-order valence-electron chi connectivity index (χ4n) is 2.83. The average Bonchev–Trinajstić information content (AvgIpc) is 2.61. The van der Waals surface area contributed by atoms with Crippen molar-refractivity contribution >= 4 is 51.0 Å². The summed E-state index contributed by atoms with van der Waals surface area (Å²) in [5.41, 5.74) is 14.1. The van der Waals surface area contributed by atoms with Crippen LogP contribution in [0.2, 0.25) is 5.02 Å². The van der Waals surface area contributed by atoms with Crippen LogP contribution in [0.4, 0.5) is 17.5 Å². The van der Waals surface area contributed by atoms with E-state index in [1.807, 2.05) is 37.4 Å². The molecule has 4 N–H and O–H groups in total. The van der Waals surface area contributed by atoms with Crippen molar-refractivity contribution in [3.63, 3.8) is 0 Å². The van der Waals surface area contributed by atoms with Crippen LogP contribution in [-0.2, 0) is 6.54 Å². The molecule has 0 bridgehead atoms. The summed E-state index contributed by atoms with van der Waals surface area (Å²) >= 11 is 6.04. The van der Waals surface area contributed by atoms with Gasteiger partial charge in [0.05, 0.1) is 18.4 Å². The van der Waals surface area contributed by atoms with Gasteiger partial charge in [-0.3, -0.25) is 0 Å². The number of nitrogen functional groups attached to an aromatic ring is 2. The second kappa shape index (κ2) is 6.27. The number of nitrogens with zero attached hydrogens (tertiary/aromatic N) is 5. The van der Waals surface area contributed by atoms with Gasteiger partial charge in [0.25, 0.3) is 0 Å². The molecule has 8 heteroatoms. The number of nitrogens with two attached hydrogens (primary N) is 2. The standard InChI is InChI=1S/C18H16ClN7/c1-26(14-5-3-10-6-12(19)4-2-11(10)7-14)9-13-8-22-17-15(23-13)16(20)24-18(21)25-17/h2-8H,9H2,1H3,(H4,20,21,22,24,25). The third-order valence-electron chi connectivity index (χ3n) is 4.13. The van der Waals surface area contributed by atoms with Crippen molar-refractivity contribution in [2.75, 3.05) is 23.4 Å². The van der Waals surface area contributed by atoms with E-state index in [-0.39, 0.29) is 11.8 Å². The van der Waals surface area contributed by atoms with Crippen molar-refractivity contribution in [2.45, 2.75) is 6.54 Å². The third-order valence-corrected chi connectivity index (χ3v) is 4.36. The second-order valence-corrected chi connectivity index (χ2v) is 6.47. The molecule has 2 heterocycles. The molecular weight excluding hydrogens is 350 g/mol. The van der Waals surface area contributed by atoms with Crippen LogP contribution in [0.3, 0.4) is 0 Å². The van der Waals surface area contributed by atoms with E-state index < -0.39 is 0 Å². The van der Waals surface area contributed by atoms with Gasteiger partial charge in [-0.25, -0.2) is 9.97 Å². The molecule has 0 aliphatic rings. The van der Waals surface area contributed by atoms with Crippen molar-refractivity contribution in [3.05, 3.63) is 53.3 Å². The molecule has 2 aromatic carbocycles. The van der Waals surface area contributed by atoms with Crippen LogP contribution in [-0.4, -0.2) is 27.0 Å². The largest absolute Gasteiger partial charge is 0.382 e. The highest BCUT2D eigenvalue weighted by Gasteiger charge is 2.10. The smallest absolute Gasteiger partial charge is 0.224 e. The first-order valence-corrected chi connectivity index (χ1v) is 8.32. The van der Waals surface area contributed by atoms with Gasteiger partial charge in [0.1, 0.15) is 0 Å².